The molecule has 4 rings (SSSR count). The molecule has 2 amide bonds. The van der Waals surface area contributed by atoms with Gasteiger partial charge in [0.05, 0.1) is 163 Å². The lowest BCUT2D eigenvalue weighted by atomic mass is 9.98. The number of nitrogens with one attached hydrogen (secondary N) is 4. The van der Waals surface area contributed by atoms with Crippen molar-refractivity contribution in [2.75, 3.05) is 169 Å². The van der Waals surface area contributed by atoms with Crippen LogP contribution in [0.15, 0.2) is 24.5 Å². The first-order valence-corrected chi connectivity index (χ1v) is 25.8. The third-order valence-electron chi connectivity index (χ3n) is 11.3. The van der Waals surface area contributed by atoms with Gasteiger partial charge in [0.2, 0.25) is 23.7 Å². The summed E-state index contributed by atoms with van der Waals surface area (Å²) < 4.78 is 143. The minimum atomic E-state index is -4.67. The van der Waals surface area contributed by atoms with Gasteiger partial charge in [-0.25, -0.2) is 19.9 Å². The van der Waals surface area contributed by atoms with Gasteiger partial charge in [0, 0.05) is 38.3 Å². The van der Waals surface area contributed by atoms with Crippen molar-refractivity contribution in [3.63, 3.8) is 0 Å². The highest BCUT2D eigenvalue weighted by Gasteiger charge is 2.41. The molecule has 0 aromatic carbocycles. The molecule has 0 spiro atoms. The Kier molecular flexibility index (Phi) is 32.7. The Bertz CT molecular complexity index is 1870. The molecule has 27 nitrogen and oxygen atoms in total. The first-order valence-electron chi connectivity index (χ1n) is 25.8. The lowest BCUT2D eigenvalue weighted by Gasteiger charge is -2.37. The van der Waals surface area contributed by atoms with E-state index in [2.05, 4.69) is 41.2 Å². The number of alkyl halides is 6. The fourth-order valence-corrected chi connectivity index (χ4v) is 7.08. The molecule has 0 radical (unpaired) electrons. The number of anilines is 2. The number of nitrogens with two attached hydrogens (primary N) is 1. The van der Waals surface area contributed by atoms with Gasteiger partial charge in [-0.2, -0.15) is 26.3 Å². The number of hydrogen-bond donors (Lipinski definition) is 9. The first-order chi connectivity index (χ1) is 38.4. The third-order valence-corrected chi connectivity index (χ3v) is 11.3. The number of halogens is 6. The fraction of sp³-hybridized carbons (Fsp3) is 0.787. The van der Waals surface area contributed by atoms with Crippen molar-refractivity contribution in [3.05, 3.63) is 35.9 Å². The Balaban J connectivity index is 0.819. The van der Waals surface area contributed by atoms with Gasteiger partial charge in [-0.05, 0) is 12.1 Å². The second kappa shape index (κ2) is 38.4. The van der Waals surface area contributed by atoms with Crippen molar-refractivity contribution in [2.45, 2.75) is 79.9 Å². The molecule has 80 heavy (non-hydrogen) atoms. The highest BCUT2D eigenvalue weighted by molar-refractivity contribution is 5.76. The van der Waals surface area contributed by atoms with Gasteiger partial charge in [0.15, 0.2) is 0 Å². The smallest absolute Gasteiger partial charge is 0.388 e. The molecule has 458 valence electrons. The Labute approximate surface area is 457 Å². The Morgan fingerprint density at radius 1 is 0.525 bits per heavy atom. The van der Waals surface area contributed by atoms with E-state index in [4.69, 9.17) is 62.6 Å². The van der Waals surface area contributed by atoms with Crippen LogP contribution in [-0.4, -0.2) is 265 Å². The van der Waals surface area contributed by atoms with Crippen LogP contribution in [0.4, 0.5) is 38.2 Å². The predicted molar refractivity (Wildman–Crippen MR) is 264 cm³/mol. The molecular weight excluding hydrogens is 1090 g/mol. The average Bonchev–Trinajstić information content (AvgIpc) is 3.42. The summed E-state index contributed by atoms with van der Waals surface area (Å²) in [7, 11) is 0. The van der Waals surface area contributed by atoms with Crippen LogP contribution in [0.1, 0.15) is 24.2 Å². The molecule has 2 saturated heterocycles. The number of aromatic nitrogens is 4. The second-order valence-corrected chi connectivity index (χ2v) is 17.7. The van der Waals surface area contributed by atoms with E-state index in [-0.39, 0.29) is 142 Å². The van der Waals surface area contributed by atoms with E-state index in [1.54, 1.807) is 0 Å². The van der Waals surface area contributed by atoms with Gasteiger partial charge in [-0.3, -0.25) is 9.59 Å². The number of carbonyl (C=O) groups excluding carboxylic acids is 2. The van der Waals surface area contributed by atoms with Crippen molar-refractivity contribution >= 4 is 23.7 Å². The summed E-state index contributed by atoms with van der Waals surface area (Å²) in [4.78, 5) is 38.4. The lowest BCUT2D eigenvalue weighted by molar-refractivity contribution is -0.161. The molecule has 10 N–H and O–H groups in total. The molecule has 2 aromatic heterocycles. The average molecular weight is 1170 g/mol. The molecule has 2 aromatic rings. The largest absolute Gasteiger partial charge is 0.433 e. The minimum Gasteiger partial charge on any atom is -0.388 e. The molecule has 9 atom stereocenters. The van der Waals surface area contributed by atoms with E-state index >= 15 is 0 Å². The summed E-state index contributed by atoms with van der Waals surface area (Å²) in [5.74, 6) is -1.17. The predicted octanol–water partition coefficient (Wildman–Crippen LogP) is -1.69. The molecule has 2 aliphatic rings. The van der Waals surface area contributed by atoms with E-state index in [9.17, 15) is 56.4 Å². The molecule has 2 fully saturated rings. The van der Waals surface area contributed by atoms with Crippen LogP contribution in [0.5, 0.6) is 0 Å². The van der Waals surface area contributed by atoms with Crippen molar-refractivity contribution in [1.82, 2.24) is 30.6 Å². The molecule has 0 saturated carbocycles. The molecule has 0 aliphatic carbocycles. The number of hydrogen-bond acceptors (Lipinski definition) is 25. The Hall–Kier alpha value is -4.40. The second-order valence-electron chi connectivity index (χ2n) is 17.7. The van der Waals surface area contributed by atoms with Gasteiger partial charge in [-0.15, -0.1) is 0 Å². The molecule has 2 unspecified atom stereocenters. The van der Waals surface area contributed by atoms with Crippen LogP contribution in [0, 0.1) is 0 Å². The Morgan fingerprint density at radius 3 is 1.21 bits per heavy atom. The summed E-state index contributed by atoms with van der Waals surface area (Å²) >= 11 is 0. The summed E-state index contributed by atoms with van der Waals surface area (Å²) in [6.45, 7) is 4.48. The van der Waals surface area contributed by atoms with Gasteiger partial charge in [0.25, 0.3) is 0 Å². The van der Waals surface area contributed by atoms with Crippen LogP contribution in [0.25, 0.3) is 0 Å². The van der Waals surface area contributed by atoms with E-state index in [1.807, 2.05) is 0 Å². The number of carbonyl (C=O) groups is 2. The van der Waals surface area contributed by atoms with E-state index in [1.165, 1.54) is 0 Å². The summed E-state index contributed by atoms with van der Waals surface area (Å²) in [6.07, 6.45) is -14.5. The summed E-state index contributed by atoms with van der Waals surface area (Å²) in [5, 5.41) is 52.4. The van der Waals surface area contributed by atoms with Crippen LogP contribution in [0.3, 0.4) is 0 Å². The van der Waals surface area contributed by atoms with E-state index in [0.29, 0.717) is 64.9 Å². The maximum absolute atomic E-state index is 12.9. The topological polar surface area (TPSA) is 352 Å². The van der Waals surface area contributed by atoms with Crippen molar-refractivity contribution in [2.24, 2.45) is 5.73 Å². The number of ether oxygens (including phenoxy) is 12. The van der Waals surface area contributed by atoms with Crippen LogP contribution >= 0.6 is 0 Å². The fourth-order valence-electron chi connectivity index (χ4n) is 7.08. The maximum atomic E-state index is 12.9. The first kappa shape index (κ1) is 68.1. The number of rotatable bonds is 42. The van der Waals surface area contributed by atoms with E-state index < -0.39 is 78.5 Å². The lowest BCUT2D eigenvalue weighted by Crippen LogP contribution is -2.57. The normalized spacial score (nSPS) is 22.0. The van der Waals surface area contributed by atoms with Crippen LogP contribution < -0.4 is 27.0 Å². The van der Waals surface area contributed by atoms with Crippen molar-refractivity contribution in [1.29, 1.82) is 0 Å². The van der Waals surface area contributed by atoms with E-state index in [0.717, 1.165) is 12.4 Å². The van der Waals surface area contributed by atoms with Gasteiger partial charge < -0.3 is 104 Å². The molecule has 4 heterocycles. The molecule has 0 bridgehead atoms. The number of aliphatic hydroxyl groups is 4. The number of aliphatic hydroxyl groups excluding tert-OH is 4. The van der Waals surface area contributed by atoms with Gasteiger partial charge in [-0.1, -0.05) is 0 Å². The standard InChI is InChI=1S/C47H75F6N9O18/c48-46(49,50)36-1-5-57-44(61-36)59-32-27-79-34(42(67)40(32)65)29-77-23-21-73-19-17-71-15-13-69-11-7-55-38(63)3-9-75-25-31(54)26-76-10-4-39(64)56-8-12-70-14-16-72-18-20-74-22-24-78-30-35-43(68)41(66)33(28-80-35)60-45-58-6-2-37(62-45)47(51,52)53/h1-2,5-6,31-35,40-43,65-68H,3-4,7-30,54H2,(H,55,63)(H,56,64)(H,57,59,61)(H,58,60,62)/t31?,32-,33-,34+,35?,40+,41+,42-,43-/m0/s1. The van der Waals surface area contributed by atoms with Gasteiger partial charge >= 0.3 is 12.4 Å². The van der Waals surface area contributed by atoms with Crippen molar-refractivity contribution < 1.29 is 113 Å². The number of amides is 2. The zero-order chi connectivity index (χ0) is 58.0. The zero-order valence-electron chi connectivity index (χ0n) is 44.0. The maximum Gasteiger partial charge on any atom is 0.433 e. The quantitative estimate of drug-likeness (QED) is 0.0265. The highest BCUT2D eigenvalue weighted by atomic mass is 19.4. The number of nitrogens with zero attached hydrogens (tertiary/aromatic N) is 4. The minimum absolute atomic E-state index is 0.0604. The molecular formula is C47H75F6N9O18. The zero-order valence-corrected chi connectivity index (χ0v) is 44.0. The van der Waals surface area contributed by atoms with Gasteiger partial charge in [0.1, 0.15) is 48.0 Å². The monoisotopic (exact) mass is 1170 g/mol. The summed E-state index contributed by atoms with van der Waals surface area (Å²) in [5.41, 5.74) is 3.69. The summed E-state index contributed by atoms with van der Waals surface area (Å²) in [6, 6.07) is -0.932. The van der Waals surface area contributed by atoms with Crippen LogP contribution in [-0.2, 0) is 78.8 Å². The molecule has 2 aliphatic heterocycles. The highest BCUT2D eigenvalue weighted by Crippen LogP contribution is 2.29. The molecule has 33 heteroatoms. The van der Waals surface area contributed by atoms with Crippen LogP contribution in [0.2, 0.25) is 0 Å². The SMILES string of the molecule is NC(COCCC(=O)NCCOCCOCCOCCOCC1OC[C@H](Nc2nccc(C(F)(F)F)n2)[C@@H](O)[C@H]1O)COCCC(=O)NCCOCCOCCOCCOC[C@H]1OC[C@H](Nc2nccc(C(F)(F)F)n2)[C@@H](O)[C@H]1O. The Morgan fingerprint density at radius 2 is 0.863 bits per heavy atom. The van der Waals surface area contributed by atoms with Crippen molar-refractivity contribution in [3.8, 4) is 0 Å². The third kappa shape index (κ3) is 28.1.